The fourth-order valence-electron chi connectivity index (χ4n) is 2.78. The zero-order valence-electron chi connectivity index (χ0n) is 15.6. The highest BCUT2D eigenvalue weighted by Gasteiger charge is 2.14. The van der Waals surface area contributed by atoms with E-state index < -0.39 is 0 Å². The van der Waals surface area contributed by atoms with Gasteiger partial charge >= 0.3 is 0 Å². The first kappa shape index (κ1) is 18.6. The first-order valence-corrected chi connectivity index (χ1v) is 8.58. The van der Waals surface area contributed by atoms with E-state index in [1.54, 1.807) is 57.7 Å². The molecule has 0 saturated carbocycles. The minimum atomic E-state index is -0.139. The third-order valence-electron chi connectivity index (χ3n) is 4.15. The minimum Gasteiger partial charge on any atom is -0.493 e. The maximum atomic E-state index is 12.6. The van der Waals surface area contributed by atoms with Gasteiger partial charge in [-0.3, -0.25) is 4.79 Å². The third kappa shape index (κ3) is 4.16. The van der Waals surface area contributed by atoms with Crippen LogP contribution in [0.3, 0.4) is 0 Å². The molecule has 2 aromatic rings. The topological polar surface area (TPSA) is 63.2 Å². The van der Waals surface area contributed by atoms with Crippen LogP contribution in [-0.2, 0) is 0 Å². The summed E-state index contributed by atoms with van der Waals surface area (Å²) in [5.41, 5.74) is 1.29. The summed E-state index contributed by atoms with van der Waals surface area (Å²) in [5, 5.41) is 0. The van der Waals surface area contributed by atoms with Crippen molar-refractivity contribution >= 4 is 11.9 Å². The van der Waals surface area contributed by atoms with Crippen LogP contribution >= 0.6 is 0 Å². The van der Waals surface area contributed by atoms with Crippen LogP contribution < -0.4 is 23.7 Å². The smallest absolute Gasteiger partial charge is 0.203 e. The lowest BCUT2D eigenvalue weighted by Crippen LogP contribution is -1.98. The van der Waals surface area contributed by atoms with E-state index in [9.17, 15) is 4.79 Å². The minimum absolute atomic E-state index is 0.139. The molecule has 0 atom stereocenters. The summed E-state index contributed by atoms with van der Waals surface area (Å²) in [6, 6.07) is 8.76. The van der Waals surface area contributed by atoms with Gasteiger partial charge in [0.25, 0.3) is 0 Å². The molecule has 0 spiro atoms. The highest BCUT2D eigenvalue weighted by molar-refractivity contribution is 6.07. The van der Waals surface area contributed by atoms with Gasteiger partial charge in [0.15, 0.2) is 28.8 Å². The summed E-state index contributed by atoms with van der Waals surface area (Å²) in [6.07, 6.45) is 4.02. The molecule has 6 nitrogen and oxygen atoms in total. The molecule has 2 aromatic carbocycles. The number of ether oxygens (including phenoxy) is 5. The molecule has 0 saturated heterocycles. The Kier molecular flexibility index (Phi) is 5.86. The number of hydrogen-bond donors (Lipinski definition) is 0. The van der Waals surface area contributed by atoms with E-state index in [1.807, 2.05) is 0 Å². The number of rotatable bonds is 6. The van der Waals surface area contributed by atoms with Crippen LogP contribution in [-0.4, -0.2) is 40.3 Å². The Morgan fingerprint density at radius 1 is 0.926 bits per heavy atom. The molecular formula is C21H22O6. The fourth-order valence-corrected chi connectivity index (χ4v) is 2.78. The second-order valence-electron chi connectivity index (χ2n) is 5.87. The molecule has 0 bridgehead atoms. The molecule has 0 unspecified atom stereocenters. The van der Waals surface area contributed by atoms with E-state index >= 15 is 0 Å². The van der Waals surface area contributed by atoms with Crippen molar-refractivity contribution in [3.63, 3.8) is 0 Å². The number of benzene rings is 2. The predicted octanol–water partition coefficient (Wildman–Crippen LogP) is 3.77. The van der Waals surface area contributed by atoms with Crippen molar-refractivity contribution < 1.29 is 28.5 Å². The monoisotopic (exact) mass is 370 g/mol. The highest BCUT2D eigenvalue weighted by atomic mass is 16.5. The van der Waals surface area contributed by atoms with Crippen molar-refractivity contribution in [1.82, 2.24) is 0 Å². The van der Waals surface area contributed by atoms with E-state index in [4.69, 9.17) is 23.7 Å². The molecule has 142 valence electrons. The molecule has 0 N–H and O–H groups in total. The lowest BCUT2D eigenvalue weighted by atomic mass is 10.1. The van der Waals surface area contributed by atoms with Gasteiger partial charge in [-0.15, -0.1) is 0 Å². The molecule has 1 heterocycles. The molecule has 1 aliphatic heterocycles. The summed E-state index contributed by atoms with van der Waals surface area (Å²) < 4.78 is 27.2. The standard InChI is InChI=1S/C21H22O6/c1-23-19-11-14(12-20(24-2)21(19)25-3)5-7-16(22)15-6-8-17-18(13-15)27-10-4-9-26-17/h5-8,11-13H,4,9-10H2,1-3H3. The number of carbonyl (C=O) groups is 1. The van der Waals surface area contributed by atoms with E-state index in [2.05, 4.69) is 0 Å². The number of fused-ring (bicyclic) bond motifs is 1. The Morgan fingerprint density at radius 3 is 2.22 bits per heavy atom. The van der Waals surface area contributed by atoms with Gasteiger partial charge in [-0.2, -0.15) is 0 Å². The molecular weight excluding hydrogens is 348 g/mol. The molecule has 27 heavy (non-hydrogen) atoms. The van der Waals surface area contributed by atoms with Crippen LogP contribution in [0.15, 0.2) is 36.4 Å². The van der Waals surface area contributed by atoms with Crippen LogP contribution in [0.5, 0.6) is 28.7 Å². The maximum Gasteiger partial charge on any atom is 0.203 e. The summed E-state index contributed by atoms with van der Waals surface area (Å²) >= 11 is 0. The predicted molar refractivity (Wildman–Crippen MR) is 102 cm³/mol. The van der Waals surface area contributed by atoms with Crippen molar-refractivity contribution in [3.05, 3.63) is 47.5 Å². The third-order valence-corrected chi connectivity index (χ3v) is 4.15. The summed E-state index contributed by atoms with van der Waals surface area (Å²) in [4.78, 5) is 12.6. The molecule has 3 rings (SSSR count). The van der Waals surface area contributed by atoms with Crippen molar-refractivity contribution in [1.29, 1.82) is 0 Å². The summed E-state index contributed by atoms with van der Waals surface area (Å²) in [5.74, 6) is 2.68. The zero-order valence-corrected chi connectivity index (χ0v) is 15.6. The highest BCUT2D eigenvalue weighted by Crippen LogP contribution is 2.38. The van der Waals surface area contributed by atoms with Crippen LogP contribution in [0.1, 0.15) is 22.3 Å². The molecule has 0 aromatic heterocycles. The van der Waals surface area contributed by atoms with Crippen molar-refractivity contribution in [3.8, 4) is 28.7 Å². The lowest BCUT2D eigenvalue weighted by molar-refractivity contribution is 0.104. The van der Waals surface area contributed by atoms with Crippen LogP contribution in [0.4, 0.5) is 0 Å². The Labute approximate surface area is 158 Å². The average molecular weight is 370 g/mol. The number of hydrogen-bond acceptors (Lipinski definition) is 6. The van der Waals surface area contributed by atoms with Gasteiger partial charge in [-0.05, 0) is 42.0 Å². The van der Waals surface area contributed by atoms with E-state index in [-0.39, 0.29) is 5.78 Å². The quantitative estimate of drug-likeness (QED) is 0.570. The number of allylic oxidation sites excluding steroid dienone is 1. The van der Waals surface area contributed by atoms with E-state index in [0.29, 0.717) is 47.5 Å². The Balaban J connectivity index is 1.83. The second kappa shape index (κ2) is 8.49. The number of carbonyl (C=O) groups excluding carboxylic acids is 1. The summed E-state index contributed by atoms with van der Waals surface area (Å²) in [6.45, 7) is 1.19. The molecule has 0 aliphatic carbocycles. The van der Waals surface area contributed by atoms with Crippen molar-refractivity contribution in [2.24, 2.45) is 0 Å². The van der Waals surface area contributed by atoms with Gasteiger partial charge in [0, 0.05) is 12.0 Å². The molecule has 0 amide bonds. The first-order chi connectivity index (χ1) is 13.2. The Hall–Kier alpha value is -3.15. The van der Waals surface area contributed by atoms with E-state index in [1.165, 1.54) is 6.08 Å². The van der Waals surface area contributed by atoms with Gasteiger partial charge < -0.3 is 23.7 Å². The Morgan fingerprint density at radius 2 is 1.59 bits per heavy atom. The van der Waals surface area contributed by atoms with Crippen molar-refractivity contribution in [2.75, 3.05) is 34.5 Å². The molecule has 6 heteroatoms. The molecule has 0 fully saturated rings. The first-order valence-electron chi connectivity index (χ1n) is 8.58. The van der Waals surface area contributed by atoms with Gasteiger partial charge in [-0.25, -0.2) is 0 Å². The van der Waals surface area contributed by atoms with Gasteiger partial charge in [0.1, 0.15) is 0 Å². The average Bonchev–Trinajstić information content (AvgIpc) is 2.95. The van der Waals surface area contributed by atoms with Crippen LogP contribution in [0.2, 0.25) is 0 Å². The normalized spacial score (nSPS) is 13.1. The van der Waals surface area contributed by atoms with Crippen molar-refractivity contribution in [2.45, 2.75) is 6.42 Å². The zero-order chi connectivity index (χ0) is 19.2. The fraction of sp³-hybridized carbons (Fsp3) is 0.286. The number of methoxy groups -OCH3 is 3. The van der Waals surface area contributed by atoms with Crippen LogP contribution in [0.25, 0.3) is 6.08 Å². The van der Waals surface area contributed by atoms with Gasteiger partial charge in [-0.1, -0.05) is 6.08 Å². The van der Waals surface area contributed by atoms with Gasteiger partial charge in [0.05, 0.1) is 34.5 Å². The maximum absolute atomic E-state index is 12.6. The van der Waals surface area contributed by atoms with Gasteiger partial charge in [0.2, 0.25) is 5.75 Å². The second-order valence-corrected chi connectivity index (χ2v) is 5.87. The van der Waals surface area contributed by atoms with Crippen LogP contribution in [0, 0.1) is 0 Å². The van der Waals surface area contributed by atoms with E-state index in [0.717, 1.165) is 12.0 Å². The molecule has 1 aliphatic rings. The number of ketones is 1. The largest absolute Gasteiger partial charge is 0.493 e. The molecule has 0 radical (unpaired) electrons. The SMILES string of the molecule is COc1cc(C=CC(=O)c2ccc3c(c2)OCCCO3)cc(OC)c1OC. The Bertz CT molecular complexity index is 831. The summed E-state index contributed by atoms with van der Waals surface area (Å²) in [7, 11) is 4.64. The lowest BCUT2D eigenvalue weighted by Gasteiger charge is -2.12.